The molecule has 0 aromatic heterocycles. The third-order valence-corrected chi connectivity index (χ3v) is 3.65. The molecule has 1 rings (SSSR count). The largest absolute Gasteiger partial charge is 0.493 e. The maximum Gasteiger partial charge on any atom is 0.285 e. The molecule has 0 N–H and O–H groups in total. The van der Waals surface area contributed by atoms with Crippen LogP contribution in [0.3, 0.4) is 0 Å². The van der Waals surface area contributed by atoms with Crippen molar-refractivity contribution < 1.29 is 17.9 Å². The summed E-state index contributed by atoms with van der Waals surface area (Å²) in [4.78, 5) is 0. The van der Waals surface area contributed by atoms with Gasteiger partial charge in [0.05, 0.1) is 24.7 Å². The topological polar surface area (TPSA) is 52.6 Å². The molecule has 4 nitrogen and oxygen atoms in total. The third-order valence-electron chi connectivity index (χ3n) is 1.63. The van der Waals surface area contributed by atoms with E-state index in [1.807, 2.05) is 34.8 Å². The average molecular weight is 504 g/mol. The van der Waals surface area contributed by atoms with E-state index in [4.69, 9.17) is 9.47 Å². The molecule has 0 fully saturated rings. The Morgan fingerprint density at radius 1 is 0.947 bits per heavy atom. The van der Waals surface area contributed by atoms with Gasteiger partial charge in [-0.25, -0.2) is 8.42 Å². The Kier molecular flexibility index (Phi) is 9.83. The quantitative estimate of drug-likeness (QED) is 0.460. The van der Waals surface area contributed by atoms with Crippen molar-refractivity contribution in [3.8, 4) is 29.9 Å². The highest BCUT2D eigenvalue weighted by atomic mass is 127. The Morgan fingerprint density at radius 2 is 1.32 bits per heavy atom. The number of benzene rings is 1. The van der Waals surface area contributed by atoms with Gasteiger partial charge in [-0.2, -0.15) is 0 Å². The second-order valence-corrected chi connectivity index (χ2v) is 5.25. The summed E-state index contributed by atoms with van der Waals surface area (Å²) in [5.41, 5.74) is 0. The monoisotopic (exact) mass is 504 g/mol. The van der Waals surface area contributed by atoms with Gasteiger partial charge in [0, 0.05) is 45.2 Å². The van der Waals surface area contributed by atoms with Crippen molar-refractivity contribution in [3.05, 3.63) is 24.3 Å². The zero-order valence-corrected chi connectivity index (χ0v) is 15.2. The Morgan fingerprint density at radius 3 is 1.58 bits per heavy atom. The molecule has 0 saturated carbocycles. The molecule has 7 heteroatoms. The van der Waals surface area contributed by atoms with Crippen molar-refractivity contribution >= 4 is 55.0 Å². The van der Waals surface area contributed by atoms with E-state index in [-0.39, 0.29) is 0 Å². The molecule has 0 amide bonds. The predicted octanol–water partition coefficient (Wildman–Crippen LogP) is 2.81. The number of rotatable bonds is 2. The van der Waals surface area contributed by atoms with Crippen LogP contribution >= 0.6 is 45.2 Å². The van der Waals surface area contributed by atoms with E-state index >= 15 is 0 Å². The second-order valence-electron chi connectivity index (χ2n) is 2.75. The van der Waals surface area contributed by atoms with E-state index in [1.165, 1.54) is 0 Å². The van der Waals surface area contributed by atoms with Crippen LogP contribution in [0.15, 0.2) is 24.3 Å². The van der Waals surface area contributed by atoms with Crippen LogP contribution in [-0.4, -0.2) is 22.6 Å². The first-order valence-electron chi connectivity index (χ1n) is 4.67. The van der Waals surface area contributed by atoms with Crippen molar-refractivity contribution in [3.63, 3.8) is 0 Å². The molecule has 19 heavy (non-hydrogen) atoms. The smallest absolute Gasteiger partial charge is 0.285 e. The highest BCUT2D eigenvalue weighted by molar-refractivity contribution is 14.1. The van der Waals surface area contributed by atoms with Gasteiger partial charge in [-0.1, -0.05) is 12.1 Å². The summed E-state index contributed by atoms with van der Waals surface area (Å²) >= 11 is 3.28. The molecule has 0 aliphatic rings. The SMILES string of the molecule is COc1ccccc1OC.O=S(=O)(C#CI)C#CI. The summed E-state index contributed by atoms with van der Waals surface area (Å²) in [5.74, 6) is 1.54. The van der Waals surface area contributed by atoms with Crippen LogP contribution in [0, 0.1) is 18.4 Å². The summed E-state index contributed by atoms with van der Waals surface area (Å²) < 4.78 is 35.4. The average Bonchev–Trinajstić information content (AvgIpc) is 2.39. The molecule has 0 heterocycles. The fourth-order valence-corrected chi connectivity index (χ4v) is 2.91. The first kappa shape index (κ1) is 18.4. The summed E-state index contributed by atoms with van der Waals surface area (Å²) in [5, 5.41) is 3.91. The lowest BCUT2D eigenvalue weighted by Gasteiger charge is -2.04. The Labute approximate surface area is 140 Å². The molecule has 0 radical (unpaired) electrons. The molecule has 0 aliphatic carbocycles. The van der Waals surface area contributed by atoms with Crippen molar-refractivity contribution in [2.45, 2.75) is 0 Å². The van der Waals surface area contributed by atoms with E-state index in [0.717, 1.165) is 11.5 Å². The van der Waals surface area contributed by atoms with Gasteiger partial charge >= 0.3 is 0 Å². The van der Waals surface area contributed by atoms with Gasteiger partial charge in [-0.05, 0) is 20.0 Å². The number of hydrogen-bond acceptors (Lipinski definition) is 4. The van der Waals surface area contributed by atoms with Crippen molar-refractivity contribution in [1.29, 1.82) is 0 Å². The minimum atomic E-state index is -3.42. The molecule has 0 aliphatic heterocycles. The molecule has 1 aromatic rings. The highest BCUT2D eigenvalue weighted by Crippen LogP contribution is 2.24. The second kappa shape index (κ2) is 10.2. The Hall–Kier alpha value is -0.650. The molecular weight excluding hydrogens is 494 g/mol. The van der Waals surface area contributed by atoms with Gasteiger partial charge in [0.2, 0.25) is 0 Å². The lowest BCUT2D eigenvalue weighted by atomic mass is 10.3. The van der Waals surface area contributed by atoms with Crippen molar-refractivity contribution in [2.75, 3.05) is 14.2 Å². The van der Waals surface area contributed by atoms with Crippen molar-refractivity contribution in [1.82, 2.24) is 0 Å². The lowest BCUT2D eigenvalue weighted by molar-refractivity contribution is 0.355. The van der Waals surface area contributed by atoms with Crippen LogP contribution in [0.25, 0.3) is 0 Å². The maximum atomic E-state index is 10.5. The van der Waals surface area contributed by atoms with Crippen LogP contribution in [0.4, 0.5) is 0 Å². The minimum absolute atomic E-state index is 0.769. The summed E-state index contributed by atoms with van der Waals surface area (Å²) in [6, 6.07) is 7.53. The van der Waals surface area contributed by atoms with E-state index in [0.29, 0.717) is 0 Å². The summed E-state index contributed by atoms with van der Waals surface area (Å²) in [6.07, 6.45) is 0. The minimum Gasteiger partial charge on any atom is -0.493 e. The first-order valence-corrected chi connectivity index (χ1v) is 8.31. The van der Waals surface area contributed by atoms with Gasteiger partial charge in [0.25, 0.3) is 9.84 Å². The van der Waals surface area contributed by atoms with Crippen LogP contribution in [0.1, 0.15) is 0 Å². The molecule has 0 atom stereocenters. The van der Waals surface area contributed by atoms with E-state index in [1.54, 1.807) is 59.4 Å². The van der Waals surface area contributed by atoms with Gasteiger partial charge in [0.15, 0.2) is 11.5 Å². The molecule has 1 aromatic carbocycles. The third kappa shape index (κ3) is 8.18. The summed E-state index contributed by atoms with van der Waals surface area (Å²) in [7, 11) is -0.173. The van der Waals surface area contributed by atoms with Crippen LogP contribution in [-0.2, 0) is 9.84 Å². The van der Waals surface area contributed by atoms with E-state index in [9.17, 15) is 8.42 Å². The van der Waals surface area contributed by atoms with Crippen LogP contribution < -0.4 is 9.47 Å². The van der Waals surface area contributed by atoms with Gasteiger partial charge < -0.3 is 9.47 Å². The van der Waals surface area contributed by atoms with Crippen LogP contribution in [0.2, 0.25) is 0 Å². The normalized spacial score (nSPS) is 8.63. The first-order chi connectivity index (χ1) is 9.00. The number of hydrogen-bond donors (Lipinski definition) is 0. The zero-order chi connectivity index (χ0) is 14.7. The molecule has 0 unspecified atom stereocenters. The number of para-hydroxylation sites is 2. The van der Waals surface area contributed by atoms with E-state index in [2.05, 4.69) is 7.85 Å². The lowest BCUT2D eigenvalue weighted by Crippen LogP contribution is -1.88. The van der Waals surface area contributed by atoms with Gasteiger partial charge in [-0.15, -0.1) is 0 Å². The highest BCUT2D eigenvalue weighted by Gasteiger charge is 1.97. The van der Waals surface area contributed by atoms with Gasteiger partial charge in [-0.3, -0.25) is 0 Å². The van der Waals surface area contributed by atoms with E-state index < -0.39 is 9.84 Å². The zero-order valence-electron chi connectivity index (χ0n) is 10.1. The Balaban J connectivity index is 0.000000344. The fraction of sp³-hybridized carbons (Fsp3) is 0.167. The molecule has 102 valence electrons. The molecule has 0 spiro atoms. The summed E-state index contributed by atoms with van der Waals surface area (Å²) in [6.45, 7) is 0. The molecule has 0 saturated heterocycles. The molecular formula is C12H10I2O4S. The Bertz CT molecular complexity index is 569. The fourth-order valence-electron chi connectivity index (χ4n) is 0.915. The number of halogens is 2. The van der Waals surface area contributed by atoms with Crippen LogP contribution in [0.5, 0.6) is 11.5 Å². The number of sulfone groups is 1. The predicted molar refractivity (Wildman–Crippen MR) is 92.1 cm³/mol. The molecule has 0 bridgehead atoms. The standard InChI is InChI=1S/C8H10O2.C4I2O2S/c1-9-7-5-3-4-6-8(7)10-2;5-1-3-9(7,8)4-2-6/h3-6H,1-2H3;. The van der Waals surface area contributed by atoms with Gasteiger partial charge in [0.1, 0.15) is 0 Å². The number of methoxy groups -OCH3 is 2. The van der Waals surface area contributed by atoms with Crippen molar-refractivity contribution in [2.24, 2.45) is 0 Å². The maximum absolute atomic E-state index is 10.5. The number of ether oxygens (including phenoxy) is 2.